The minimum Gasteiger partial charge on any atom is -0.466 e. The maximum absolute atomic E-state index is 11.6. The second-order valence-corrected chi connectivity index (χ2v) is 4.92. The molecule has 1 saturated heterocycles. The van der Waals surface area contributed by atoms with Gasteiger partial charge in [-0.3, -0.25) is 9.69 Å². The average Bonchev–Trinajstić information content (AvgIpc) is 2.39. The molecule has 0 aliphatic carbocycles. The van der Waals surface area contributed by atoms with Crippen LogP contribution in [0.25, 0.3) is 0 Å². The molecule has 3 atom stereocenters. The van der Waals surface area contributed by atoms with Crippen molar-refractivity contribution >= 4 is 5.97 Å². The SMILES string of the molecule is CCOC(=O)C(C)CN1CCC(OC)CC1CN. The molecule has 2 N–H and O–H groups in total. The molecule has 106 valence electrons. The van der Waals surface area contributed by atoms with Crippen molar-refractivity contribution < 1.29 is 14.3 Å². The van der Waals surface area contributed by atoms with Gasteiger partial charge in [-0.15, -0.1) is 0 Å². The molecular weight excluding hydrogens is 232 g/mol. The smallest absolute Gasteiger partial charge is 0.309 e. The molecule has 3 unspecified atom stereocenters. The van der Waals surface area contributed by atoms with Crippen LogP contribution in [0.4, 0.5) is 0 Å². The van der Waals surface area contributed by atoms with Crippen LogP contribution in [0.15, 0.2) is 0 Å². The highest BCUT2D eigenvalue weighted by molar-refractivity contribution is 5.72. The molecule has 18 heavy (non-hydrogen) atoms. The Kier molecular flexibility index (Phi) is 6.60. The number of methoxy groups -OCH3 is 1. The quantitative estimate of drug-likeness (QED) is 0.708. The van der Waals surface area contributed by atoms with E-state index in [-0.39, 0.29) is 11.9 Å². The van der Waals surface area contributed by atoms with E-state index in [4.69, 9.17) is 15.2 Å². The summed E-state index contributed by atoms with van der Waals surface area (Å²) >= 11 is 0. The molecule has 0 radical (unpaired) electrons. The van der Waals surface area contributed by atoms with Gasteiger partial charge in [-0.05, 0) is 19.8 Å². The monoisotopic (exact) mass is 258 g/mol. The van der Waals surface area contributed by atoms with Crippen LogP contribution in [0, 0.1) is 5.92 Å². The maximum atomic E-state index is 11.6. The number of rotatable bonds is 6. The van der Waals surface area contributed by atoms with E-state index in [0.29, 0.717) is 25.3 Å². The molecule has 1 aliphatic heterocycles. The lowest BCUT2D eigenvalue weighted by atomic mass is 9.97. The van der Waals surface area contributed by atoms with E-state index < -0.39 is 0 Å². The van der Waals surface area contributed by atoms with E-state index in [9.17, 15) is 4.79 Å². The summed E-state index contributed by atoms with van der Waals surface area (Å²) in [5, 5.41) is 0. The van der Waals surface area contributed by atoms with Gasteiger partial charge in [0.15, 0.2) is 0 Å². The molecule has 5 heteroatoms. The molecule has 0 aromatic carbocycles. The van der Waals surface area contributed by atoms with Crippen molar-refractivity contribution in [3.05, 3.63) is 0 Å². The second kappa shape index (κ2) is 7.71. The third-order valence-electron chi connectivity index (χ3n) is 3.59. The summed E-state index contributed by atoms with van der Waals surface area (Å²) in [5.41, 5.74) is 5.81. The second-order valence-electron chi connectivity index (χ2n) is 4.92. The number of piperidine rings is 1. The number of hydrogen-bond acceptors (Lipinski definition) is 5. The van der Waals surface area contributed by atoms with E-state index in [1.54, 1.807) is 7.11 Å². The van der Waals surface area contributed by atoms with Crippen molar-refractivity contribution in [2.24, 2.45) is 11.7 Å². The van der Waals surface area contributed by atoms with Gasteiger partial charge >= 0.3 is 5.97 Å². The summed E-state index contributed by atoms with van der Waals surface area (Å²) in [4.78, 5) is 13.9. The first kappa shape index (κ1) is 15.4. The molecular formula is C13H26N2O3. The predicted octanol–water partition coefficient (Wildman–Crippen LogP) is 0.624. The molecule has 1 aliphatic rings. The van der Waals surface area contributed by atoms with Gasteiger partial charge in [0.1, 0.15) is 0 Å². The third-order valence-corrected chi connectivity index (χ3v) is 3.59. The molecule has 1 fully saturated rings. The summed E-state index contributed by atoms with van der Waals surface area (Å²) < 4.78 is 10.4. The van der Waals surface area contributed by atoms with E-state index in [0.717, 1.165) is 25.9 Å². The molecule has 0 amide bonds. The van der Waals surface area contributed by atoms with E-state index >= 15 is 0 Å². The molecule has 0 aromatic rings. The Balaban J connectivity index is 2.47. The molecule has 5 nitrogen and oxygen atoms in total. The summed E-state index contributed by atoms with van der Waals surface area (Å²) in [6.45, 7) is 6.44. The minimum absolute atomic E-state index is 0.0990. The van der Waals surface area contributed by atoms with Crippen LogP contribution in [-0.4, -0.2) is 56.4 Å². The summed E-state index contributed by atoms with van der Waals surface area (Å²) in [6.07, 6.45) is 2.25. The van der Waals surface area contributed by atoms with Crippen molar-refractivity contribution in [2.75, 3.05) is 33.4 Å². The Morgan fingerprint density at radius 3 is 2.83 bits per heavy atom. The fourth-order valence-corrected chi connectivity index (χ4v) is 2.47. The van der Waals surface area contributed by atoms with Crippen LogP contribution < -0.4 is 5.73 Å². The number of nitrogens with zero attached hydrogens (tertiary/aromatic N) is 1. The molecule has 0 aromatic heterocycles. The Labute approximate surface area is 110 Å². The van der Waals surface area contributed by atoms with Gasteiger partial charge in [-0.1, -0.05) is 6.92 Å². The Bertz CT molecular complexity index is 261. The van der Waals surface area contributed by atoms with Crippen molar-refractivity contribution in [3.63, 3.8) is 0 Å². The zero-order chi connectivity index (χ0) is 13.5. The highest BCUT2D eigenvalue weighted by Crippen LogP contribution is 2.20. The molecule has 0 spiro atoms. The van der Waals surface area contributed by atoms with Gasteiger partial charge in [0.25, 0.3) is 0 Å². The zero-order valence-electron chi connectivity index (χ0n) is 11.7. The number of likely N-dealkylation sites (tertiary alicyclic amines) is 1. The van der Waals surface area contributed by atoms with Crippen LogP contribution in [0.2, 0.25) is 0 Å². The van der Waals surface area contributed by atoms with Crippen molar-refractivity contribution in [1.82, 2.24) is 4.90 Å². The lowest BCUT2D eigenvalue weighted by Gasteiger charge is -2.39. The topological polar surface area (TPSA) is 64.8 Å². The Hall–Kier alpha value is -0.650. The average molecular weight is 258 g/mol. The maximum Gasteiger partial charge on any atom is 0.309 e. The zero-order valence-corrected chi connectivity index (χ0v) is 11.7. The lowest BCUT2D eigenvalue weighted by molar-refractivity contribution is -0.148. The number of nitrogens with two attached hydrogens (primary N) is 1. The lowest BCUT2D eigenvalue weighted by Crippen LogP contribution is -2.50. The standard InChI is InChI=1S/C13H26N2O3/c1-4-18-13(16)10(2)9-15-6-5-12(17-3)7-11(15)8-14/h10-12H,4-9,14H2,1-3H3. The molecule has 1 rings (SSSR count). The normalized spacial score (nSPS) is 26.9. The van der Waals surface area contributed by atoms with Crippen molar-refractivity contribution in [2.45, 2.75) is 38.8 Å². The first-order chi connectivity index (χ1) is 8.62. The molecule has 0 saturated carbocycles. The number of carbonyl (C=O) groups is 1. The first-order valence-electron chi connectivity index (χ1n) is 6.75. The van der Waals surface area contributed by atoms with E-state index in [1.807, 2.05) is 13.8 Å². The largest absolute Gasteiger partial charge is 0.466 e. The van der Waals surface area contributed by atoms with Crippen LogP contribution in [0.3, 0.4) is 0 Å². The summed E-state index contributed by atoms with van der Waals surface area (Å²) in [6, 6.07) is 0.306. The van der Waals surface area contributed by atoms with Crippen LogP contribution >= 0.6 is 0 Å². The molecule has 1 heterocycles. The number of ether oxygens (including phenoxy) is 2. The summed E-state index contributed by atoms with van der Waals surface area (Å²) in [5.74, 6) is -0.222. The number of esters is 1. The fourth-order valence-electron chi connectivity index (χ4n) is 2.47. The van der Waals surface area contributed by atoms with Gasteiger partial charge in [0.05, 0.1) is 18.6 Å². The van der Waals surface area contributed by atoms with E-state index in [1.165, 1.54) is 0 Å². The highest BCUT2D eigenvalue weighted by atomic mass is 16.5. The van der Waals surface area contributed by atoms with Crippen LogP contribution in [0.5, 0.6) is 0 Å². The van der Waals surface area contributed by atoms with Gasteiger partial charge in [-0.25, -0.2) is 0 Å². The highest BCUT2D eigenvalue weighted by Gasteiger charge is 2.29. The van der Waals surface area contributed by atoms with Crippen molar-refractivity contribution in [3.8, 4) is 0 Å². The van der Waals surface area contributed by atoms with Gasteiger partial charge in [0, 0.05) is 32.8 Å². The van der Waals surface area contributed by atoms with Gasteiger partial charge in [0.2, 0.25) is 0 Å². The Morgan fingerprint density at radius 2 is 2.28 bits per heavy atom. The van der Waals surface area contributed by atoms with Gasteiger partial charge < -0.3 is 15.2 Å². The summed E-state index contributed by atoms with van der Waals surface area (Å²) in [7, 11) is 1.75. The number of carbonyl (C=O) groups excluding carboxylic acids is 1. The third kappa shape index (κ3) is 4.23. The fraction of sp³-hybridized carbons (Fsp3) is 0.923. The predicted molar refractivity (Wildman–Crippen MR) is 70.2 cm³/mol. The van der Waals surface area contributed by atoms with Crippen LogP contribution in [0.1, 0.15) is 26.7 Å². The number of hydrogen-bond donors (Lipinski definition) is 1. The van der Waals surface area contributed by atoms with Gasteiger partial charge in [-0.2, -0.15) is 0 Å². The van der Waals surface area contributed by atoms with Crippen LogP contribution in [-0.2, 0) is 14.3 Å². The molecule has 0 bridgehead atoms. The minimum atomic E-state index is -0.123. The Morgan fingerprint density at radius 1 is 1.56 bits per heavy atom. The first-order valence-corrected chi connectivity index (χ1v) is 6.75. The van der Waals surface area contributed by atoms with Crippen molar-refractivity contribution in [1.29, 1.82) is 0 Å². The van der Waals surface area contributed by atoms with E-state index in [2.05, 4.69) is 4.90 Å².